The summed E-state index contributed by atoms with van der Waals surface area (Å²) < 4.78 is 1.53. The van der Waals surface area contributed by atoms with E-state index in [1.165, 1.54) is 23.0 Å². The summed E-state index contributed by atoms with van der Waals surface area (Å²) in [4.78, 5) is 26.7. The third kappa shape index (κ3) is 3.69. The van der Waals surface area contributed by atoms with Gasteiger partial charge in [0, 0.05) is 18.3 Å². The molecule has 2 N–H and O–H groups in total. The molecule has 0 bridgehead atoms. The minimum absolute atomic E-state index is 0.0777. The molecule has 0 saturated heterocycles. The molecule has 126 valence electrons. The van der Waals surface area contributed by atoms with Gasteiger partial charge in [-0.05, 0) is 30.3 Å². The number of carboxylic acid groups (broad SMARTS) is 1. The number of rotatable bonds is 5. The molecule has 25 heavy (non-hydrogen) atoms. The van der Waals surface area contributed by atoms with Crippen molar-refractivity contribution in [3.05, 3.63) is 54.4 Å². The Bertz CT molecular complexity index is 935. The summed E-state index contributed by atoms with van der Waals surface area (Å²) >= 11 is 0. The smallest absolute Gasteiger partial charge is 0.335 e. The highest BCUT2D eigenvalue weighted by molar-refractivity contribution is 5.90. The van der Waals surface area contributed by atoms with Crippen molar-refractivity contribution in [2.45, 2.75) is 13.3 Å². The number of hydrogen-bond acceptors (Lipinski definition) is 5. The lowest BCUT2D eigenvalue weighted by Crippen LogP contribution is -2.09. The largest absolute Gasteiger partial charge is 0.478 e. The van der Waals surface area contributed by atoms with Crippen LogP contribution in [0.25, 0.3) is 17.1 Å². The zero-order chi connectivity index (χ0) is 17.8. The molecule has 0 aliphatic heterocycles. The van der Waals surface area contributed by atoms with Gasteiger partial charge < -0.3 is 10.4 Å². The van der Waals surface area contributed by atoms with Crippen LogP contribution in [0.5, 0.6) is 0 Å². The second-order valence-electron chi connectivity index (χ2n) is 5.24. The van der Waals surface area contributed by atoms with E-state index in [2.05, 4.69) is 20.6 Å². The van der Waals surface area contributed by atoms with E-state index in [1.54, 1.807) is 31.3 Å². The Morgan fingerprint density at radius 1 is 1.20 bits per heavy atom. The minimum atomic E-state index is -1.03. The standard InChI is InChI=1S/C17H15N5O3/c1-2-16(23)19-12-4-3-5-13(9-12)22-10-15(20-21-22)14-8-11(17(24)25)6-7-18-14/h3-10H,2H2,1H3,(H,19,23)(H,24,25). The van der Waals surface area contributed by atoms with Gasteiger partial charge in [0.2, 0.25) is 5.91 Å². The maximum Gasteiger partial charge on any atom is 0.335 e. The molecule has 1 amide bonds. The Morgan fingerprint density at radius 2 is 2.04 bits per heavy atom. The first-order valence-electron chi connectivity index (χ1n) is 7.59. The molecule has 0 unspecified atom stereocenters. The highest BCUT2D eigenvalue weighted by Crippen LogP contribution is 2.19. The number of carbonyl (C=O) groups is 2. The molecule has 2 aromatic heterocycles. The molecule has 0 saturated carbocycles. The average Bonchev–Trinajstić information content (AvgIpc) is 3.12. The van der Waals surface area contributed by atoms with E-state index in [9.17, 15) is 9.59 Å². The lowest BCUT2D eigenvalue weighted by Gasteiger charge is -2.06. The molecule has 0 radical (unpaired) electrons. The quantitative estimate of drug-likeness (QED) is 0.739. The highest BCUT2D eigenvalue weighted by atomic mass is 16.4. The predicted octanol–water partition coefficient (Wildman–Crippen LogP) is 2.38. The van der Waals surface area contributed by atoms with Gasteiger partial charge >= 0.3 is 5.97 Å². The maximum absolute atomic E-state index is 11.5. The molecule has 8 nitrogen and oxygen atoms in total. The monoisotopic (exact) mass is 337 g/mol. The molecular weight excluding hydrogens is 322 g/mol. The van der Waals surface area contributed by atoms with Crippen LogP contribution >= 0.6 is 0 Å². The number of aromatic carboxylic acids is 1. The van der Waals surface area contributed by atoms with Crippen LogP contribution in [-0.4, -0.2) is 37.0 Å². The van der Waals surface area contributed by atoms with Crippen molar-refractivity contribution in [3.8, 4) is 17.1 Å². The van der Waals surface area contributed by atoms with Gasteiger partial charge in [-0.3, -0.25) is 9.78 Å². The van der Waals surface area contributed by atoms with Crippen molar-refractivity contribution >= 4 is 17.6 Å². The summed E-state index contributed by atoms with van der Waals surface area (Å²) in [6.45, 7) is 1.78. The van der Waals surface area contributed by atoms with Gasteiger partial charge in [0.05, 0.1) is 23.1 Å². The van der Waals surface area contributed by atoms with Crippen molar-refractivity contribution in [1.29, 1.82) is 0 Å². The summed E-state index contributed by atoms with van der Waals surface area (Å²) in [5, 5.41) is 19.9. The normalized spacial score (nSPS) is 10.4. The van der Waals surface area contributed by atoms with E-state index in [0.29, 0.717) is 29.2 Å². The lowest BCUT2D eigenvalue weighted by molar-refractivity contribution is -0.115. The Morgan fingerprint density at radius 3 is 2.80 bits per heavy atom. The van der Waals surface area contributed by atoms with Crippen molar-refractivity contribution in [2.75, 3.05) is 5.32 Å². The van der Waals surface area contributed by atoms with Gasteiger partial charge in [0.1, 0.15) is 5.69 Å². The molecule has 3 rings (SSSR count). The van der Waals surface area contributed by atoms with Crippen LogP contribution in [0, 0.1) is 0 Å². The fraction of sp³-hybridized carbons (Fsp3) is 0.118. The van der Waals surface area contributed by atoms with Crippen molar-refractivity contribution in [3.63, 3.8) is 0 Å². The van der Waals surface area contributed by atoms with Crippen LogP contribution in [0.4, 0.5) is 5.69 Å². The van der Waals surface area contributed by atoms with E-state index in [-0.39, 0.29) is 11.5 Å². The first kappa shape index (κ1) is 16.3. The number of carbonyl (C=O) groups excluding carboxylic acids is 1. The number of nitrogens with zero attached hydrogens (tertiary/aromatic N) is 4. The number of benzene rings is 1. The highest BCUT2D eigenvalue weighted by Gasteiger charge is 2.10. The van der Waals surface area contributed by atoms with Gasteiger partial charge in [0.15, 0.2) is 0 Å². The maximum atomic E-state index is 11.5. The zero-order valence-electron chi connectivity index (χ0n) is 13.4. The Balaban J connectivity index is 1.89. The first-order valence-corrected chi connectivity index (χ1v) is 7.59. The number of aromatic nitrogens is 4. The van der Waals surface area contributed by atoms with E-state index in [0.717, 1.165) is 0 Å². The number of carboxylic acids is 1. The summed E-state index contributed by atoms with van der Waals surface area (Å²) in [6.07, 6.45) is 3.46. The van der Waals surface area contributed by atoms with Gasteiger partial charge in [0.25, 0.3) is 0 Å². The summed E-state index contributed by atoms with van der Waals surface area (Å²) in [5.41, 5.74) is 2.37. The third-order valence-corrected chi connectivity index (χ3v) is 3.48. The van der Waals surface area contributed by atoms with Gasteiger partial charge in [-0.15, -0.1) is 5.10 Å². The number of hydrogen-bond donors (Lipinski definition) is 2. The predicted molar refractivity (Wildman–Crippen MR) is 90.5 cm³/mol. The molecule has 2 heterocycles. The molecule has 0 spiro atoms. The first-order chi connectivity index (χ1) is 12.1. The van der Waals surface area contributed by atoms with Crippen LogP contribution in [0.2, 0.25) is 0 Å². The van der Waals surface area contributed by atoms with Crippen LogP contribution in [-0.2, 0) is 4.79 Å². The summed E-state index contributed by atoms with van der Waals surface area (Å²) in [5.74, 6) is -1.11. The summed E-state index contributed by atoms with van der Waals surface area (Å²) in [6, 6.07) is 10.0. The topological polar surface area (TPSA) is 110 Å². The molecule has 0 fully saturated rings. The zero-order valence-corrected chi connectivity index (χ0v) is 13.4. The van der Waals surface area contributed by atoms with Crippen molar-refractivity contribution < 1.29 is 14.7 Å². The summed E-state index contributed by atoms with van der Waals surface area (Å²) in [7, 11) is 0. The fourth-order valence-electron chi connectivity index (χ4n) is 2.19. The Kier molecular flexibility index (Phi) is 4.51. The van der Waals surface area contributed by atoms with E-state index < -0.39 is 5.97 Å². The molecule has 0 aliphatic rings. The Hall–Kier alpha value is -3.55. The van der Waals surface area contributed by atoms with Crippen molar-refractivity contribution in [2.24, 2.45) is 0 Å². The minimum Gasteiger partial charge on any atom is -0.478 e. The van der Waals surface area contributed by atoms with Crippen LogP contribution in [0.1, 0.15) is 23.7 Å². The lowest BCUT2D eigenvalue weighted by atomic mass is 10.2. The van der Waals surface area contributed by atoms with Crippen LogP contribution in [0.3, 0.4) is 0 Å². The van der Waals surface area contributed by atoms with Crippen LogP contribution in [0.15, 0.2) is 48.8 Å². The van der Waals surface area contributed by atoms with Gasteiger partial charge in [-0.2, -0.15) is 0 Å². The molecule has 8 heteroatoms. The average molecular weight is 337 g/mol. The van der Waals surface area contributed by atoms with E-state index >= 15 is 0 Å². The van der Waals surface area contributed by atoms with E-state index in [1.807, 2.05) is 6.07 Å². The van der Waals surface area contributed by atoms with E-state index in [4.69, 9.17) is 5.11 Å². The van der Waals surface area contributed by atoms with Crippen molar-refractivity contribution in [1.82, 2.24) is 20.0 Å². The fourth-order valence-corrected chi connectivity index (χ4v) is 2.19. The SMILES string of the molecule is CCC(=O)Nc1cccc(-n2cc(-c3cc(C(=O)O)ccn3)nn2)c1. The second-order valence-corrected chi connectivity index (χ2v) is 5.24. The third-order valence-electron chi connectivity index (χ3n) is 3.48. The van der Waals surface area contributed by atoms with Crippen LogP contribution < -0.4 is 5.32 Å². The number of amides is 1. The van der Waals surface area contributed by atoms with Gasteiger partial charge in [-0.1, -0.05) is 18.2 Å². The Labute approximate surface area is 143 Å². The molecule has 1 aromatic carbocycles. The second kappa shape index (κ2) is 6.91. The number of nitrogens with one attached hydrogen (secondary N) is 1. The molecular formula is C17H15N5O3. The molecule has 3 aromatic rings. The molecule has 0 atom stereocenters. The number of anilines is 1. The van der Waals surface area contributed by atoms with Gasteiger partial charge in [-0.25, -0.2) is 9.48 Å². The molecule has 0 aliphatic carbocycles. The number of pyridine rings is 1.